The van der Waals surface area contributed by atoms with Gasteiger partial charge in [0.05, 0.1) is 10.9 Å². The largest absolute Gasteiger partial charge is 0.322 e. The molecule has 3 heterocycles. The van der Waals surface area contributed by atoms with Gasteiger partial charge in [0.25, 0.3) is 5.91 Å². The van der Waals surface area contributed by atoms with Crippen molar-refractivity contribution in [3.63, 3.8) is 0 Å². The Morgan fingerprint density at radius 3 is 3.22 bits per heavy atom. The van der Waals surface area contributed by atoms with Crippen molar-refractivity contribution in [1.82, 2.24) is 4.90 Å². The molecule has 1 unspecified atom stereocenters. The van der Waals surface area contributed by atoms with Crippen molar-refractivity contribution in [2.75, 3.05) is 12.3 Å². The lowest BCUT2D eigenvalue weighted by atomic mass is 10.2. The quantitative estimate of drug-likeness (QED) is 0.793. The minimum atomic E-state index is -0.217. The maximum atomic E-state index is 12.4. The van der Waals surface area contributed by atoms with Gasteiger partial charge in [-0.25, -0.2) is 0 Å². The van der Waals surface area contributed by atoms with E-state index in [4.69, 9.17) is 5.26 Å². The first-order valence-electron chi connectivity index (χ1n) is 6.19. The Morgan fingerprint density at radius 1 is 1.56 bits per heavy atom. The molecule has 0 radical (unpaired) electrons. The highest BCUT2D eigenvalue weighted by atomic mass is 32.2. The number of fused-ring (bicyclic) bond motifs is 1. The Labute approximate surface area is 115 Å². The molecule has 3 rings (SSSR count). The molecule has 0 bridgehead atoms. The number of nitriles is 1. The highest BCUT2D eigenvalue weighted by Crippen LogP contribution is 2.33. The second-order valence-corrected chi connectivity index (χ2v) is 6.89. The summed E-state index contributed by atoms with van der Waals surface area (Å²) >= 11 is 3.56. The molecule has 1 saturated heterocycles. The Balaban J connectivity index is 1.84. The van der Waals surface area contributed by atoms with Crippen LogP contribution in [0.25, 0.3) is 0 Å². The van der Waals surface area contributed by atoms with Crippen molar-refractivity contribution < 1.29 is 4.79 Å². The number of rotatable bonds is 1. The molecule has 1 atom stereocenters. The van der Waals surface area contributed by atoms with Crippen LogP contribution in [0.15, 0.2) is 6.07 Å². The third-order valence-corrected chi connectivity index (χ3v) is 5.73. The summed E-state index contributed by atoms with van der Waals surface area (Å²) < 4.78 is 0. The smallest absolute Gasteiger partial charge is 0.265 e. The van der Waals surface area contributed by atoms with Crippen LogP contribution in [0, 0.1) is 11.3 Å². The van der Waals surface area contributed by atoms with E-state index in [-0.39, 0.29) is 11.9 Å². The van der Waals surface area contributed by atoms with Crippen molar-refractivity contribution in [3.05, 3.63) is 21.4 Å². The van der Waals surface area contributed by atoms with Gasteiger partial charge in [-0.3, -0.25) is 4.79 Å². The first-order valence-corrected chi connectivity index (χ1v) is 8.16. The van der Waals surface area contributed by atoms with E-state index in [0.29, 0.717) is 0 Å². The lowest BCUT2D eigenvalue weighted by Crippen LogP contribution is -2.34. The van der Waals surface area contributed by atoms with E-state index in [1.807, 2.05) is 17.8 Å². The molecular weight excluding hydrogens is 264 g/mol. The molecule has 1 fully saturated rings. The molecule has 1 aromatic rings. The Morgan fingerprint density at radius 2 is 2.44 bits per heavy atom. The lowest BCUT2D eigenvalue weighted by molar-refractivity contribution is 0.0769. The van der Waals surface area contributed by atoms with Crippen LogP contribution in [-0.4, -0.2) is 29.1 Å². The summed E-state index contributed by atoms with van der Waals surface area (Å²) in [5, 5.41) is 9.05. The zero-order chi connectivity index (χ0) is 12.5. The number of carbonyl (C=O) groups excluding carboxylic acids is 1. The van der Waals surface area contributed by atoms with E-state index in [0.717, 1.165) is 42.2 Å². The molecule has 2 aliphatic rings. The Hall–Kier alpha value is -0.990. The molecule has 1 aromatic heterocycles. The predicted octanol–water partition coefficient (Wildman–Crippen LogP) is 2.67. The van der Waals surface area contributed by atoms with Crippen LogP contribution in [0.3, 0.4) is 0 Å². The second-order valence-electron chi connectivity index (χ2n) is 4.65. The summed E-state index contributed by atoms with van der Waals surface area (Å²) in [5.41, 5.74) is 1.33. The number of amides is 1. The van der Waals surface area contributed by atoms with Crippen LogP contribution < -0.4 is 0 Å². The van der Waals surface area contributed by atoms with Gasteiger partial charge in [0, 0.05) is 17.2 Å². The van der Waals surface area contributed by atoms with Crippen LogP contribution in [0.2, 0.25) is 0 Å². The molecule has 0 aliphatic carbocycles. The normalized spacial score (nSPS) is 22.6. The SMILES string of the molecule is N#CC1CCCN1C(=O)c1cc2c(s1)CCSC2. The number of nitrogens with zero attached hydrogens (tertiary/aromatic N) is 2. The molecule has 5 heteroatoms. The zero-order valence-corrected chi connectivity index (χ0v) is 11.6. The van der Waals surface area contributed by atoms with E-state index in [1.54, 1.807) is 16.2 Å². The minimum absolute atomic E-state index is 0.0588. The van der Waals surface area contributed by atoms with Crippen LogP contribution in [0.5, 0.6) is 0 Å². The summed E-state index contributed by atoms with van der Waals surface area (Å²) in [4.78, 5) is 16.3. The highest BCUT2D eigenvalue weighted by Gasteiger charge is 2.30. The predicted molar refractivity (Wildman–Crippen MR) is 73.9 cm³/mol. The monoisotopic (exact) mass is 278 g/mol. The van der Waals surface area contributed by atoms with Crippen LogP contribution >= 0.6 is 23.1 Å². The van der Waals surface area contributed by atoms with Crippen molar-refractivity contribution in [2.45, 2.75) is 31.1 Å². The fraction of sp³-hybridized carbons (Fsp3) is 0.538. The van der Waals surface area contributed by atoms with Crippen LogP contribution in [0.1, 0.15) is 33.0 Å². The number of hydrogen-bond donors (Lipinski definition) is 0. The number of likely N-dealkylation sites (tertiary alicyclic amines) is 1. The first kappa shape index (κ1) is 12.1. The van der Waals surface area contributed by atoms with Gasteiger partial charge in [-0.2, -0.15) is 17.0 Å². The average molecular weight is 278 g/mol. The average Bonchev–Trinajstić information content (AvgIpc) is 3.03. The van der Waals surface area contributed by atoms with Gasteiger partial charge >= 0.3 is 0 Å². The Kier molecular flexibility index (Phi) is 3.31. The van der Waals surface area contributed by atoms with Crippen molar-refractivity contribution in [2.24, 2.45) is 0 Å². The summed E-state index contributed by atoms with van der Waals surface area (Å²) in [6, 6.07) is 4.06. The van der Waals surface area contributed by atoms with E-state index >= 15 is 0 Å². The summed E-state index contributed by atoms with van der Waals surface area (Å²) in [5.74, 6) is 2.25. The van der Waals surface area contributed by atoms with Gasteiger partial charge < -0.3 is 4.90 Å². The molecule has 0 aromatic carbocycles. The third-order valence-electron chi connectivity index (χ3n) is 3.50. The fourth-order valence-corrected chi connectivity index (χ4v) is 4.87. The lowest BCUT2D eigenvalue weighted by Gasteiger charge is -2.18. The fourth-order valence-electron chi connectivity index (χ4n) is 2.54. The van der Waals surface area contributed by atoms with Crippen molar-refractivity contribution in [1.29, 1.82) is 5.26 Å². The molecule has 3 nitrogen and oxygen atoms in total. The summed E-state index contributed by atoms with van der Waals surface area (Å²) in [6.45, 7) is 0.731. The van der Waals surface area contributed by atoms with E-state index in [9.17, 15) is 4.79 Å². The standard InChI is InChI=1S/C13H14N2OS2/c14-7-10-2-1-4-15(10)13(16)12-6-9-8-17-5-3-11(9)18-12/h6,10H,1-5,8H2. The second kappa shape index (κ2) is 4.94. The van der Waals surface area contributed by atoms with Gasteiger partial charge in [0.2, 0.25) is 0 Å². The van der Waals surface area contributed by atoms with Crippen LogP contribution in [-0.2, 0) is 12.2 Å². The molecule has 2 aliphatic heterocycles. The molecule has 0 saturated carbocycles. The van der Waals surface area contributed by atoms with Gasteiger partial charge in [-0.1, -0.05) is 0 Å². The van der Waals surface area contributed by atoms with Gasteiger partial charge in [-0.15, -0.1) is 11.3 Å². The maximum absolute atomic E-state index is 12.4. The van der Waals surface area contributed by atoms with Gasteiger partial charge in [-0.05, 0) is 36.6 Å². The van der Waals surface area contributed by atoms with Gasteiger partial charge in [0.15, 0.2) is 0 Å². The number of hydrogen-bond acceptors (Lipinski definition) is 4. The summed E-state index contributed by atoms with van der Waals surface area (Å²) in [6.07, 6.45) is 2.85. The summed E-state index contributed by atoms with van der Waals surface area (Å²) in [7, 11) is 0. The topological polar surface area (TPSA) is 44.1 Å². The first-order chi connectivity index (χ1) is 8.79. The molecule has 0 N–H and O–H groups in total. The van der Waals surface area contributed by atoms with E-state index in [2.05, 4.69) is 6.07 Å². The third kappa shape index (κ3) is 2.04. The highest BCUT2D eigenvalue weighted by molar-refractivity contribution is 7.98. The number of aryl methyl sites for hydroxylation is 1. The van der Waals surface area contributed by atoms with E-state index in [1.165, 1.54) is 10.4 Å². The van der Waals surface area contributed by atoms with Crippen molar-refractivity contribution in [3.8, 4) is 6.07 Å². The Bertz CT molecular complexity index is 494. The molecular formula is C13H14N2OS2. The van der Waals surface area contributed by atoms with Crippen molar-refractivity contribution >= 4 is 29.0 Å². The zero-order valence-electron chi connectivity index (χ0n) is 10.0. The van der Waals surface area contributed by atoms with Gasteiger partial charge in [0.1, 0.15) is 6.04 Å². The molecule has 1 amide bonds. The van der Waals surface area contributed by atoms with Crippen LogP contribution in [0.4, 0.5) is 0 Å². The molecule has 94 valence electrons. The number of carbonyl (C=O) groups is 1. The minimum Gasteiger partial charge on any atom is -0.322 e. The number of thioether (sulfide) groups is 1. The number of thiophene rings is 1. The maximum Gasteiger partial charge on any atom is 0.265 e. The molecule has 0 spiro atoms. The molecule has 18 heavy (non-hydrogen) atoms. The van der Waals surface area contributed by atoms with E-state index < -0.39 is 0 Å².